The summed E-state index contributed by atoms with van der Waals surface area (Å²) in [5.41, 5.74) is 4.69. The van der Waals surface area contributed by atoms with Crippen LogP contribution in [0.1, 0.15) is 22.6 Å². The van der Waals surface area contributed by atoms with Gasteiger partial charge in [-0.1, -0.05) is 12.1 Å². The molecule has 1 aromatic rings. The Hall–Kier alpha value is -0.780. The Bertz CT molecular complexity index is 261. The van der Waals surface area contributed by atoms with Crippen LogP contribution in [0.2, 0.25) is 0 Å². The Morgan fingerprint density at radius 3 is 3.38 bits per heavy atom. The van der Waals surface area contributed by atoms with E-state index in [2.05, 4.69) is 12.1 Å². The highest BCUT2D eigenvalue weighted by atomic mass is 14.5. The second-order valence-corrected chi connectivity index (χ2v) is 2.59. The van der Waals surface area contributed by atoms with Crippen molar-refractivity contribution in [2.75, 3.05) is 0 Å². The fraction of sp³-hybridized carbons (Fsp3) is 0.250. The quantitative estimate of drug-likeness (QED) is 0.464. The van der Waals surface area contributed by atoms with Crippen molar-refractivity contribution in [1.29, 1.82) is 0 Å². The van der Waals surface area contributed by atoms with Gasteiger partial charge in [-0.25, -0.2) is 0 Å². The van der Waals surface area contributed by atoms with Gasteiger partial charge < -0.3 is 0 Å². The van der Waals surface area contributed by atoms with Crippen molar-refractivity contribution in [1.82, 2.24) is 0 Å². The van der Waals surface area contributed by atoms with Gasteiger partial charge in [0.25, 0.3) is 0 Å². The molecule has 0 nitrogen and oxygen atoms in total. The summed E-state index contributed by atoms with van der Waals surface area (Å²) in [5, 5.41) is 0. The van der Waals surface area contributed by atoms with E-state index in [1.165, 1.54) is 12.0 Å². The van der Waals surface area contributed by atoms with Crippen molar-refractivity contribution in [3.8, 4) is 0 Å². The summed E-state index contributed by atoms with van der Waals surface area (Å²) in [7, 11) is 0. The SMILES string of the molecule is [c]1ccc2c3c1C3C2. The summed E-state index contributed by atoms with van der Waals surface area (Å²) in [6.45, 7) is 0. The predicted octanol–water partition coefficient (Wildman–Crippen LogP) is 1.49. The van der Waals surface area contributed by atoms with Gasteiger partial charge in [0.2, 0.25) is 0 Å². The second-order valence-electron chi connectivity index (χ2n) is 2.59. The lowest BCUT2D eigenvalue weighted by Crippen LogP contribution is -1.94. The standard InChI is InChI=1S/C8H5/c1-2-5-4-7-6(3-1)8(5)7/h1-2,7H,4H2. The topological polar surface area (TPSA) is 0 Å². The molecule has 3 rings (SSSR count). The van der Waals surface area contributed by atoms with Crippen LogP contribution < -0.4 is 0 Å². The number of benzene rings is 1. The first kappa shape index (κ1) is 3.29. The molecule has 2 aliphatic rings. The lowest BCUT2D eigenvalue weighted by atomic mass is 9.99. The molecule has 0 saturated heterocycles. The van der Waals surface area contributed by atoms with Gasteiger partial charge >= 0.3 is 0 Å². The van der Waals surface area contributed by atoms with Crippen molar-refractivity contribution in [2.45, 2.75) is 12.3 Å². The van der Waals surface area contributed by atoms with Gasteiger partial charge in [-0.3, -0.25) is 0 Å². The van der Waals surface area contributed by atoms with Gasteiger partial charge in [0.15, 0.2) is 0 Å². The molecule has 0 N–H and O–H groups in total. The van der Waals surface area contributed by atoms with E-state index in [4.69, 9.17) is 0 Å². The molecule has 8 heavy (non-hydrogen) atoms. The predicted molar refractivity (Wildman–Crippen MR) is 30.8 cm³/mol. The maximum atomic E-state index is 3.23. The summed E-state index contributed by atoms with van der Waals surface area (Å²) in [6, 6.07) is 7.45. The number of hydrogen-bond donors (Lipinski definition) is 0. The Labute approximate surface area is 48.1 Å². The molecule has 0 bridgehead atoms. The van der Waals surface area contributed by atoms with Crippen molar-refractivity contribution in [3.05, 3.63) is 34.9 Å². The molecule has 2 aliphatic carbocycles. The zero-order chi connectivity index (χ0) is 5.14. The number of fused-ring (bicyclic) bond motifs is 1. The van der Waals surface area contributed by atoms with Gasteiger partial charge in [0, 0.05) is 5.92 Å². The van der Waals surface area contributed by atoms with Crippen LogP contribution in [-0.4, -0.2) is 0 Å². The molecule has 0 amide bonds. The third kappa shape index (κ3) is 0.172. The molecule has 0 heterocycles. The molecule has 0 aromatic heterocycles. The monoisotopic (exact) mass is 101 g/mol. The summed E-state index contributed by atoms with van der Waals surface area (Å²) in [5.74, 6) is 0.875. The molecule has 0 heteroatoms. The summed E-state index contributed by atoms with van der Waals surface area (Å²) in [6.07, 6.45) is 1.31. The van der Waals surface area contributed by atoms with Crippen molar-refractivity contribution < 1.29 is 0 Å². The van der Waals surface area contributed by atoms with Crippen LogP contribution in [-0.2, 0) is 6.42 Å². The average molecular weight is 101 g/mol. The molecule has 1 radical (unpaired) electrons. The van der Waals surface area contributed by atoms with E-state index < -0.39 is 0 Å². The lowest BCUT2D eigenvalue weighted by molar-refractivity contribution is 0.871. The summed E-state index contributed by atoms with van der Waals surface area (Å²) >= 11 is 0. The minimum Gasteiger partial charge on any atom is -0.0581 e. The maximum Gasteiger partial charge on any atom is 0.0145 e. The van der Waals surface area contributed by atoms with Gasteiger partial charge in [-0.05, 0) is 29.2 Å². The van der Waals surface area contributed by atoms with E-state index in [9.17, 15) is 0 Å². The Balaban J connectivity index is 2.54. The molecule has 0 saturated carbocycles. The highest BCUT2D eigenvalue weighted by molar-refractivity contribution is 5.64. The fourth-order valence-corrected chi connectivity index (χ4v) is 1.64. The van der Waals surface area contributed by atoms with Crippen LogP contribution in [0.25, 0.3) is 0 Å². The van der Waals surface area contributed by atoms with E-state index in [-0.39, 0.29) is 0 Å². The first-order chi connectivity index (χ1) is 3.97. The van der Waals surface area contributed by atoms with Crippen LogP contribution in [0.3, 0.4) is 0 Å². The third-order valence-corrected chi connectivity index (χ3v) is 2.20. The lowest BCUT2D eigenvalue weighted by Gasteiger charge is -2.05. The molecular weight excluding hydrogens is 96.1 g/mol. The Morgan fingerprint density at radius 1 is 1.62 bits per heavy atom. The summed E-state index contributed by atoms with van der Waals surface area (Å²) < 4.78 is 0. The van der Waals surface area contributed by atoms with Crippen LogP contribution in [0.4, 0.5) is 0 Å². The zero-order valence-corrected chi connectivity index (χ0v) is 4.44. The molecular formula is C8H5. The van der Waals surface area contributed by atoms with Gasteiger partial charge in [0.1, 0.15) is 0 Å². The van der Waals surface area contributed by atoms with Crippen LogP contribution in [0, 0.1) is 6.07 Å². The van der Waals surface area contributed by atoms with Gasteiger partial charge in [0.05, 0.1) is 0 Å². The largest absolute Gasteiger partial charge is 0.0581 e. The first-order valence-corrected chi connectivity index (χ1v) is 3.00. The highest BCUT2D eigenvalue weighted by Crippen LogP contribution is 2.56. The number of hydrogen-bond acceptors (Lipinski definition) is 0. The van der Waals surface area contributed by atoms with Crippen molar-refractivity contribution >= 4 is 0 Å². The van der Waals surface area contributed by atoms with E-state index >= 15 is 0 Å². The van der Waals surface area contributed by atoms with Gasteiger partial charge in [-0.15, -0.1) is 0 Å². The Morgan fingerprint density at radius 2 is 2.62 bits per heavy atom. The van der Waals surface area contributed by atoms with Crippen LogP contribution in [0.15, 0.2) is 12.1 Å². The van der Waals surface area contributed by atoms with E-state index in [0.29, 0.717) is 0 Å². The van der Waals surface area contributed by atoms with E-state index in [1.54, 1.807) is 11.1 Å². The smallest absolute Gasteiger partial charge is 0.0145 e. The van der Waals surface area contributed by atoms with E-state index in [1.807, 2.05) is 6.07 Å². The maximum absolute atomic E-state index is 3.23. The van der Waals surface area contributed by atoms with Crippen molar-refractivity contribution in [3.63, 3.8) is 0 Å². The van der Waals surface area contributed by atoms with Crippen LogP contribution >= 0.6 is 0 Å². The van der Waals surface area contributed by atoms with Crippen LogP contribution in [0.5, 0.6) is 0 Å². The molecule has 0 spiro atoms. The average Bonchev–Trinajstić information content (AvgIpc) is 2.33. The van der Waals surface area contributed by atoms with E-state index in [0.717, 1.165) is 5.92 Å². The van der Waals surface area contributed by atoms with Gasteiger partial charge in [-0.2, -0.15) is 0 Å². The third-order valence-electron chi connectivity index (χ3n) is 2.20. The molecule has 1 atom stereocenters. The zero-order valence-electron chi connectivity index (χ0n) is 4.44. The van der Waals surface area contributed by atoms with Crippen molar-refractivity contribution in [2.24, 2.45) is 0 Å². The molecule has 0 aliphatic heterocycles. The molecule has 0 fully saturated rings. The molecule has 1 aromatic carbocycles. The number of rotatable bonds is 0. The first-order valence-electron chi connectivity index (χ1n) is 3.00. The highest BCUT2D eigenvalue weighted by Gasteiger charge is 2.43. The minimum atomic E-state index is 0.875. The summed E-state index contributed by atoms with van der Waals surface area (Å²) in [4.78, 5) is 0. The Kier molecular flexibility index (Phi) is 0.301. The second kappa shape index (κ2) is 0.732. The minimum absolute atomic E-state index is 0.875. The molecule has 1 unspecified atom stereocenters. The normalized spacial score (nSPS) is 26.2. The molecule has 37 valence electrons. The fourth-order valence-electron chi connectivity index (χ4n) is 1.64.